The second-order valence-corrected chi connectivity index (χ2v) is 9.81. The molecule has 0 aromatic carbocycles. The summed E-state index contributed by atoms with van der Waals surface area (Å²) in [6, 6.07) is 5.41. The number of rotatable bonds is 4. The summed E-state index contributed by atoms with van der Waals surface area (Å²) in [6.45, 7) is 3.05. The number of carbonyl (C=O) groups is 1. The van der Waals surface area contributed by atoms with Gasteiger partial charge in [-0.05, 0) is 24.8 Å². The molecule has 1 aromatic rings. The number of nitrogens with zero attached hydrogens (tertiary/aromatic N) is 2. The van der Waals surface area contributed by atoms with Crippen molar-refractivity contribution in [1.82, 2.24) is 9.88 Å². The van der Waals surface area contributed by atoms with E-state index >= 15 is 0 Å². The maximum Gasteiger partial charge on any atom is 0.226 e. The van der Waals surface area contributed by atoms with Crippen molar-refractivity contribution in [3.8, 4) is 5.88 Å². The molecule has 2 saturated heterocycles. The third-order valence-electron chi connectivity index (χ3n) is 5.82. The lowest BCUT2D eigenvalue weighted by molar-refractivity contribution is -0.139. The molecule has 0 unspecified atom stereocenters. The van der Waals surface area contributed by atoms with Crippen LogP contribution in [0.3, 0.4) is 0 Å². The molecule has 1 aromatic heterocycles. The summed E-state index contributed by atoms with van der Waals surface area (Å²) in [5, 5.41) is 0. The van der Waals surface area contributed by atoms with Crippen molar-refractivity contribution in [2.24, 2.45) is 17.8 Å². The zero-order valence-electron chi connectivity index (χ0n) is 13.7. The summed E-state index contributed by atoms with van der Waals surface area (Å²) in [5.41, 5.74) is 0. The molecule has 4 rings (SSSR count). The Kier molecular flexibility index (Phi) is 3.60. The first kappa shape index (κ1) is 15.9. The van der Waals surface area contributed by atoms with Gasteiger partial charge in [0.15, 0.2) is 9.84 Å². The first-order valence-corrected chi connectivity index (χ1v) is 10.1. The average molecular weight is 350 g/mol. The molecule has 0 radical (unpaired) electrons. The van der Waals surface area contributed by atoms with Gasteiger partial charge >= 0.3 is 0 Å². The summed E-state index contributed by atoms with van der Waals surface area (Å²) in [7, 11) is -3.18. The Balaban J connectivity index is 1.44. The minimum atomic E-state index is -3.18. The van der Waals surface area contributed by atoms with Crippen molar-refractivity contribution in [3.05, 3.63) is 24.4 Å². The summed E-state index contributed by atoms with van der Waals surface area (Å²) < 4.78 is 30.1. The van der Waals surface area contributed by atoms with Gasteiger partial charge in [0.05, 0.1) is 12.4 Å². The largest absolute Gasteiger partial charge is 0.477 e. The van der Waals surface area contributed by atoms with Gasteiger partial charge in [0.1, 0.15) is 4.75 Å². The van der Waals surface area contributed by atoms with Crippen molar-refractivity contribution in [1.29, 1.82) is 0 Å². The number of sulfone groups is 1. The fourth-order valence-electron chi connectivity index (χ4n) is 3.98. The van der Waals surface area contributed by atoms with Gasteiger partial charge in [-0.3, -0.25) is 4.79 Å². The van der Waals surface area contributed by atoms with E-state index in [9.17, 15) is 13.2 Å². The van der Waals surface area contributed by atoms with Gasteiger partial charge in [-0.15, -0.1) is 0 Å². The van der Waals surface area contributed by atoms with E-state index in [1.807, 2.05) is 12.1 Å². The second kappa shape index (κ2) is 5.44. The molecule has 1 aliphatic carbocycles. The van der Waals surface area contributed by atoms with Crippen LogP contribution in [0, 0.1) is 17.8 Å². The number of ether oxygens (including phenoxy) is 1. The van der Waals surface area contributed by atoms with Crippen molar-refractivity contribution in [3.63, 3.8) is 0 Å². The Labute approximate surface area is 142 Å². The van der Waals surface area contributed by atoms with Gasteiger partial charge < -0.3 is 9.64 Å². The predicted octanol–water partition coefficient (Wildman–Crippen LogP) is 1.13. The standard InChI is InChI=1S/C17H22N2O4S/c1-12-8-14(12)16(20)19-10-17(11-19)13(5-7-24(17,21)22)9-23-15-4-2-3-6-18-15/h2-4,6,12-14H,5,7-11H2,1H3/t12-,13+,14-/m1/s1. The molecule has 6 nitrogen and oxygen atoms in total. The average Bonchev–Trinajstić information content (AvgIpc) is 3.18. The maximum atomic E-state index is 12.6. The van der Waals surface area contributed by atoms with Gasteiger partial charge in [0.2, 0.25) is 11.8 Å². The summed E-state index contributed by atoms with van der Waals surface area (Å²) >= 11 is 0. The molecule has 3 atom stereocenters. The maximum absolute atomic E-state index is 12.6. The Bertz CT molecular complexity index is 743. The topological polar surface area (TPSA) is 76.6 Å². The van der Waals surface area contributed by atoms with Crippen LogP contribution < -0.4 is 4.74 Å². The first-order valence-electron chi connectivity index (χ1n) is 8.48. The normalized spacial score (nSPS) is 32.4. The quantitative estimate of drug-likeness (QED) is 0.814. The van der Waals surface area contributed by atoms with E-state index in [1.54, 1.807) is 17.2 Å². The molecule has 3 fully saturated rings. The minimum Gasteiger partial charge on any atom is -0.477 e. The zero-order chi connectivity index (χ0) is 16.9. The highest BCUT2D eigenvalue weighted by molar-refractivity contribution is 7.93. The highest BCUT2D eigenvalue weighted by Gasteiger charge is 2.63. The lowest BCUT2D eigenvalue weighted by Gasteiger charge is -2.50. The van der Waals surface area contributed by atoms with E-state index < -0.39 is 14.6 Å². The Morgan fingerprint density at radius 2 is 2.17 bits per heavy atom. The Morgan fingerprint density at radius 3 is 2.79 bits per heavy atom. The van der Waals surface area contributed by atoms with Crippen molar-refractivity contribution in [2.75, 3.05) is 25.4 Å². The van der Waals surface area contributed by atoms with Crippen LogP contribution in [0.1, 0.15) is 19.8 Å². The molecule has 7 heteroatoms. The monoisotopic (exact) mass is 350 g/mol. The number of pyridine rings is 1. The summed E-state index contributed by atoms with van der Waals surface area (Å²) in [4.78, 5) is 18.2. The third-order valence-corrected chi connectivity index (χ3v) is 8.43. The number of carbonyl (C=O) groups excluding carboxylic acids is 1. The molecule has 1 spiro atoms. The van der Waals surface area contributed by atoms with E-state index in [1.165, 1.54) is 0 Å². The number of aromatic nitrogens is 1. The lowest BCUT2D eigenvalue weighted by atomic mass is 9.83. The molecular weight excluding hydrogens is 328 g/mol. The minimum absolute atomic E-state index is 0.0785. The van der Waals surface area contributed by atoms with Crippen LogP contribution in [0.5, 0.6) is 5.88 Å². The predicted molar refractivity (Wildman–Crippen MR) is 88.2 cm³/mol. The van der Waals surface area contributed by atoms with Crippen LogP contribution in [0.25, 0.3) is 0 Å². The highest BCUT2D eigenvalue weighted by Crippen LogP contribution is 2.47. The van der Waals surface area contributed by atoms with Gasteiger partial charge in [-0.1, -0.05) is 13.0 Å². The summed E-state index contributed by atoms with van der Waals surface area (Å²) in [6.07, 6.45) is 3.18. The molecule has 130 valence electrons. The van der Waals surface area contributed by atoms with Crippen molar-refractivity contribution >= 4 is 15.7 Å². The SMILES string of the molecule is C[C@@H]1C[C@H]1C(=O)N1CC2(C1)[C@H](COc1ccccn1)CCS2(=O)=O. The van der Waals surface area contributed by atoms with Gasteiger partial charge in [0, 0.05) is 37.2 Å². The molecular formula is C17H22N2O4S. The van der Waals surface area contributed by atoms with E-state index in [-0.39, 0.29) is 23.5 Å². The smallest absolute Gasteiger partial charge is 0.226 e. The summed E-state index contributed by atoms with van der Waals surface area (Å²) in [5.74, 6) is 1.29. The fourth-order valence-corrected chi connectivity index (χ4v) is 6.38. The van der Waals surface area contributed by atoms with Crippen LogP contribution >= 0.6 is 0 Å². The third kappa shape index (κ3) is 2.41. The zero-order valence-corrected chi connectivity index (χ0v) is 14.5. The Hall–Kier alpha value is -1.63. The fraction of sp³-hybridized carbons (Fsp3) is 0.647. The molecule has 24 heavy (non-hydrogen) atoms. The number of hydrogen-bond donors (Lipinski definition) is 0. The van der Waals surface area contributed by atoms with Gasteiger partial charge in [-0.25, -0.2) is 13.4 Å². The van der Waals surface area contributed by atoms with Crippen LogP contribution in [0.4, 0.5) is 0 Å². The number of hydrogen-bond acceptors (Lipinski definition) is 5. The molecule has 0 bridgehead atoms. The van der Waals surface area contributed by atoms with Crippen LogP contribution in [-0.4, -0.2) is 54.4 Å². The van der Waals surface area contributed by atoms with E-state index in [4.69, 9.17) is 4.74 Å². The number of likely N-dealkylation sites (tertiary alicyclic amines) is 1. The van der Waals surface area contributed by atoms with Crippen LogP contribution in [0.15, 0.2) is 24.4 Å². The van der Waals surface area contributed by atoms with Gasteiger partial charge in [-0.2, -0.15) is 0 Å². The van der Waals surface area contributed by atoms with Crippen LogP contribution in [0.2, 0.25) is 0 Å². The second-order valence-electron chi connectivity index (χ2n) is 7.36. The molecule has 1 amide bonds. The lowest BCUT2D eigenvalue weighted by Crippen LogP contribution is -2.69. The molecule has 0 N–H and O–H groups in total. The van der Waals surface area contributed by atoms with Gasteiger partial charge in [0.25, 0.3) is 0 Å². The van der Waals surface area contributed by atoms with Crippen molar-refractivity contribution < 1.29 is 17.9 Å². The number of amides is 1. The highest BCUT2D eigenvalue weighted by atomic mass is 32.2. The van der Waals surface area contributed by atoms with E-state index in [2.05, 4.69) is 11.9 Å². The van der Waals surface area contributed by atoms with E-state index in [0.717, 1.165) is 6.42 Å². The first-order chi connectivity index (χ1) is 11.4. The molecule has 3 heterocycles. The van der Waals surface area contributed by atoms with Crippen LogP contribution in [-0.2, 0) is 14.6 Å². The Morgan fingerprint density at radius 1 is 1.42 bits per heavy atom. The van der Waals surface area contributed by atoms with E-state index in [0.29, 0.717) is 37.9 Å². The molecule has 3 aliphatic rings. The molecule has 2 aliphatic heterocycles. The van der Waals surface area contributed by atoms with Crippen molar-refractivity contribution in [2.45, 2.75) is 24.5 Å². The molecule has 1 saturated carbocycles.